The lowest BCUT2D eigenvalue weighted by atomic mass is 10.0. The van der Waals surface area contributed by atoms with Crippen molar-refractivity contribution in [1.29, 1.82) is 0 Å². The van der Waals surface area contributed by atoms with Gasteiger partial charge in [0.25, 0.3) is 0 Å². The fourth-order valence-corrected chi connectivity index (χ4v) is 3.51. The largest absolute Gasteiger partial charge is 0.447 e. The summed E-state index contributed by atoms with van der Waals surface area (Å²) in [4.78, 5) is 17.8. The predicted octanol–water partition coefficient (Wildman–Crippen LogP) is 6.01. The molecule has 2 heterocycles. The SMILES string of the molecule is O=C(Nc1ccc(Cl)cc1)OCC1CCCCN1c1ncc(C(F)(F)F)cc1Cl. The van der Waals surface area contributed by atoms with Gasteiger partial charge in [0, 0.05) is 23.5 Å². The summed E-state index contributed by atoms with van der Waals surface area (Å²) in [7, 11) is 0. The van der Waals surface area contributed by atoms with E-state index in [4.69, 9.17) is 27.9 Å². The summed E-state index contributed by atoms with van der Waals surface area (Å²) >= 11 is 11.9. The Morgan fingerprint density at radius 1 is 1.24 bits per heavy atom. The number of alkyl halides is 3. The summed E-state index contributed by atoms with van der Waals surface area (Å²) in [5.74, 6) is 0.256. The van der Waals surface area contributed by atoms with Crippen LogP contribution in [-0.4, -0.2) is 30.3 Å². The molecule has 0 bridgehead atoms. The second-order valence-electron chi connectivity index (χ2n) is 6.60. The molecule has 1 fully saturated rings. The van der Waals surface area contributed by atoms with E-state index in [9.17, 15) is 18.0 Å². The molecule has 1 N–H and O–H groups in total. The van der Waals surface area contributed by atoms with Crippen LogP contribution in [-0.2, 0) is 10.9 Å². The standard InChI is InChI=1S/C19H18Cl2F3N3O2/c20-13-4-6-14(7-5-13)26-18(28)29-11-15-3-1-2-8-27(15)17-16(21)9-12(10-25-17)19(22,23)24/h4-7,9-10,15H,1-3,8,11H2,(H,26,28). The number of nitrogens with one attached hydrogen (secondary N) is 1. The van der Waals surface area contributed by atoms with E-state index in [1.54, 1.807) is 29.2 Å². The average Bonchev–Trinajstić information content (AvgIpc) is 2.68. The fraction of sp³-hybridized carbons (Fsp3) is 0.368. The second kappa shape index (κ2) is 9.09. The molecule has 1 unspecified atom stereocenters. The average molecular weight is 448 g/mol. The van der Waals surface area contributed by atoms with Gasteiger partial charge >= 0.3 is 12.3 Å². The van der Waals surface area contributed by atoms with Crippen LogP contribution in [0.15, 0.2) is 36.5 Å². The van der Waals surface area contributed by atoms with E-state index in [-0.39, 0.29) is 23.5 Å². The van der Waals surface area contributed by atoms with Crippen molar-refractivity contribution in [3.8, 4) is 0 Å². The molecule has 5 nitrogen and oxygen atoms in total. The second-order valence-corrected chi connectivity index (χ2v) is 7.44. The van der Waals surface area contributed by atoms with Gasteiger partial charge < -0.3 is 9.64 Å². The van der Waals surface area contributed by atoms with E-state index in [1.165, 1.54) is 0 Å². The van der Waals surface area contributed by atoms with Crippen LogP contribution in [0.25, 0.3) is 0 Å². The molecule has 0 spiro atoms. The molecule has 1 saturated heterocycles. The molecule has 29 heavy (non-hydrogen) atoms. The first-order chi connectivity index (χ1) is 13.7. The Hall–Kier alpha value is -2.19. The first kappa shape index (κ1) is 21.5. The number of ether oxygens (including phenoxy) is 1. The van der Waals surface area contributed by atoms with E-state index < -0.39 is 17.8 Å². The summed E-state index contributed by atoms with van der Waals surface area (Å²) in [6, 6.07) is 7.19. The number of halogens is 5. The minimum Gasteiger partial charge on any atom is -0.447 e. The van der Waals surface area contributed by atoms with Gasteiger partial charge in [0.1, 0.15) is 12.4 Å². The van der Waals surface area contributed by atoms with Gasteiger partial charge in [-0.05, 0) is 49.6 Å². The number of amides is 1. The van der Waals surface area contributed by atoms with Crippen LogP contribution in [0.2, 0.25) is 10.0 Å². The highest BCUT2D eigenvalue weighted by molar-refractivity contribution is 6.33. The van der Waals surface area contributed by atoms with E-state index in [2.05, 4.69) is 10.3 Å². The molecule has 1 amide bonds. The first-order valence-corrected chi connectivity index (χ1v) is 9.68. The third-order valence-electron chi connectivity index (χ3n) is 4.55. The number of carbonyl (C=O) groups excluding carboxylic acids is 1. The molecule has 1 aliphatic rings. The zero-order chi connectivity index (χ0) is 21.0. The maximum Gasteiger partial charge on any atom is 0.417 e. The van der Waals surface area contributed by atoms with Crippen LogP contribution in [0.3, 0.4) is 0 Å². The van der Waals surface area contributed by atoms with Crippen molar-refractivity contribution in [3.63, 3.8) is 0 Å². The summed E-state index contributed by atoms with van der Waals surface area (Å²) in [6.45, 7) is 0.614. The van der Waals surface area contributed by atoms with Crippen molar-refractivity contribution < 1.29 is 22.7 Å². The van der Waals surface area contributed by atoms with Gasteiger partial charge in [0.2, 0.25) is 0 Å². The van der Waals surface area contributed by atoms with E-state index in [0.29, 0.717) is 23.7 Å². The number of carbonyl (C=O) groups is 1. The summed E-state index contributed by atoms with van der Waals surface area (Å²) in [5, 5.41) is 3.05. The maximum atomic E-state index is 12.8. The van der Waals surface area contributed by atoms with Gasteiger partial charge in [0.05, 0.1) is 16.6 Å². The number of benzene rings is 1. The summed E-state index contributed by atoms with van der Waals surface area (Å²) < 4.78 is 43.8. The minimum atomic E-state index is -4.51. The van der Waals surface area contributed by atoms with E-state index >= 15 is 0 Å². The molecule has 0 aliphatic carbocycles. The lowest BCUT2D eigenvalue weighted by Crippen LogP contribution is -2.44. The first-order valence-electron chi connectivity index (χ1n) is 8.93. The Labute approximate surface area is 175 Å². The molecule has 3 rings (SSSR count). The molecule has 1 aliphatic heterocycles. The van der Waals surface area contributed by atoms with Crippen LogP contribution in [0.1, 0.15) is 24.8 Å². The zero-order valence-electron chi connectivity index (χ0n) is 15.2. The normalized spacial score (nSPS) is 17.1. The number of aromatic nitrogens is 1. The molecular formula is C19H18Cl2F3N3O2. The van der Waals surface area contributed by atoms with Crippen molar-refractivity contribution in [3.05, 3.63) is 52.1 Å². The van der Waals surface area contributed by atoms with Crippen molar-refractivity contribution >= 4 is 40.8 Å². The number of rotatable bonds is 4. The molecule has 1 aromatic carbocycles. The van der Waals surface area contributed by atoms with Crippen LogP contribution in [0.4, 0.5) is 29.5 Å². The number of nitrogens with zero attached hydrogens (tertiary/aromatic N) is 2. The summed E-state index contributed by atoms with van der Waals surface area (Å²) in [5.41, 5.74) is -0.370. The van der Waals surface area contributed by atoms with Gasteiger partial charge in [-0.15, -0.1) is 0 Å². The van der Waals surface area contributed by atoms with Crippen LogP contribution in [0.5, 0.6) is 0 Å². The van der Waals surface area contributed by atoms with Crippen molar-refractivity contribution in [1.82, 2.24) is 4.98 Å². The predicted molar refractivity (Wildman–Crippen MR) is 106 cm³/mol. The third-order valence-corrected chi connectivity index (χ3v) is 5.08. The number of anilines is 2. The Kier molecular flexibility index (Phi) is 6.74. The monoisotopic (exact) mass is 447 g/mol. The van der Waals surface area contributed by atoms with Crippen molar-refractivity contribution in [2.24, 2.45) is 0 Å². The number of hydrogen-bond donors (Lipinski definition) is 1. The third kappa shape index (κ3) is 5.67. The lowest BCUT2D eigenvalue weighted by Gasteiger charge is -2.36. The Morgan fingerprint density at radius 3 is 2.62 bits per heavy atom. The van der Waals surface area contributed by atoms with Crippen LogP contribution in [0, 0.1) is 0 Å². The Bertz CT molecular complexity index is 863. The number of piperidine rings is 1. The van der Waals surface area contributed by atoms with Gasteiger partial charge in [0.15, 0.2) is 0 Å². The van der Waals surface area contributed by atoms with E-state index in [1.807, 2.05) is 0 Å². The quantitative estimate of drug-likeness (QED) is 0.622. The van der Waals surface area contributed by atoms with Gasteiger partial charge in [-0.2, -0.15) is 13.2 Å². The molecular weight excluding hydrogens is 430 g/mol. The van der Waals surface area contributed by atoms with E-state index in [0.717, 1.165) is 25.1 Å². The molecule has 0 radical (unpaired) electrons. The summed E-state index contributed by atoms with van der Waals surface area (Å²) in [6.07, 6.45) is -1.94. The Morgan fingerprint density at radius 2 is 1.97 bits per heavy atom. The van der Waals surface area contributed by atoms with Crippen LogP contribution < -0.4 is 10.2 Å². The zero-order valence-corrected chi connectivity index (χ0v) is 16.7. The highest BCUT2D eigenvalue weighted by Crippen LogP contribution is 2.35. The highest BCUT2D eigenvalue weighted by atomic mass is 35.5. The molecule has 0 saturated carbocycles. The van der Waals surface area contributed by atoms with Crippen molar-refractivity contribution in [2.75, 3.05) is 23.4 Å². The lowest BCUT2D eigenvalue weighted by molar-refractivity contribution is -0.137. The minimum absolute atomic E-state index is 0.0540. The molecule has 1 aromatic heterocycles. The number of hydrogen-bond acceptors (Lipinski definition) is 4. The molecule has 10 heteroatoms. The fourth-order valence-electron chi connectivity index (χ4n) is 3.11. The molecule has 2 aromatic rings. The van der Waals surface area contributed by atoms with Crippen LogP contribution >= 0.6 is 23.2 Å². The number of pyridine rings is 1. The van der Waals surface area contributed by atoms with Gasteiger partial charge in [-0.25, -0.2) is 9.78 Å². The Balaban J connectivity index is 1.65. The van der Waals surface area contributed by atoms with Gasteiger partial charge in [-0.1, -0.05) is 23.2 Å². The van der Waals surface area contributed by atoms with Gasteiger partial charge in [-0.3, -0.25) is 5.32 Å². The van der Waals surface area contributed by atoms with Crippen molar-refractivity contribution in [2.45, 2.75) is 31.5 Å². The highest BCUT2D eigenvalue weighted by Gasteiger charge is 2.33. The smallest absolute Gasteiger partial charge is 0.417 e. The maximum absolute atomic E-state index is 12.8. The molecule has 1 atom stereocenters. The topological polar surface area (TPSA) is 54.5 Å². The molecule has 156 valence electrons.